The minimum absolute atomic E-state index is 0.00204. The highest BCUT2D eigenvalue weighted by Gasteiger charge is 2.09. The van der Waals surface area contributed by atoms with Crippen molar-refractivity contribution in [2.75, 3.05) is 13.1 Å². The number of hydrogen-bond donors (Lipinski definition) is 2. The van der Waals surface area contributed by atoms with Crippen LogP contribution in [0.15, 0.2) is 47.1 Å². The number of carbonyl (C=O) groups excluding carboxylic acids is 1. The normalized spacial score (nSPS) is 12.3. The van der Waals surface area contributed by atoms with E-state index in [1.807, 2.05) is 19.1 Å². The molecule has 0 unspecified atom stereocenters. The Kier molecular flexibility index (Phi) is 6.41. The number of amides is 1. The molecule has 1 amide bonds. The lowest BCUT2D eigenvalue weighted by atomic mass is 10.0. The zero-order valence-corrected chi connectivity index (χ0v) is 14.1. The van der Waals surface area contributed by atoms with E-state index in [2.05, 4.69) is 48.7 Å². The quantitative estimate of drug-likeness (QED) is 0.785. The number of furan rings is 1. The highest BCUT2D eigenvalue weighted by Crippen LogP contribution is 2.14. The molecular formula is C19H26N2O2. The molecule has 0 aliphatic rings. The van der Waals surface area contributed by atoms with Crippen LogP contribution in [0, 0.1) is 0 Å². The second-order valence-corrected chi connectivity index (χ2v) is 6.11. The van der Waals surface area contributed by atoms with Gasteiger partial charge >= 0.3 is 0 Å². The van der Waals surface area contributed by atoms with Gasteiger partial charge in [0.25, 0.3) is 0 Å². The van der Waals surface area contributed by atoms with Gasteiger partial charge in [-0.1, -0.05) is 38.1 Å². The van der Waals surface area contributed by atoms with Gasteiger partial charge in [-0.3, -0.25) is 10.1 Å². The van der Waals surface area contributed by atoms with Crippen molar-refractivity contribution in [3.8, 4) is 0 Å². The van der Waals surface area contributed by atoms with E-state index in [-0.39, 0.29) is 18.5 Å². The smallest absolute Gasteiger partial charge is 0.233 e. The van der Waals surface area contributed by atoms with Gasteiger partial charge in [-0.2, -0.15) is 0 Å². The van der Waals surface area contributed by atoms with Gasteiger partial charge in [-0.25, -0.2) is 0 Å². The molecule has 0 saturated heterocycles. The first kappa shape index (κ1) is 17.3. The van der Waals surface area contributed by atoms with Gasteiger partial charge in [0, 0.05) is 6.54 Å². The highest BCUT2D eigenvalue weighted by molar-refractivity contribution is 5.78. The van der Waals surface area contributed by atoms with Crippen molar-refractivity contribution in [1.82, 2.24) is 10.6 Å². The maximum absolute atomic E-state index is 11.8. The van der Waals surface area contributed by atoms with Crippen LogP contribution in [0.1, 0.15) is 49.6 Å². The first-order valence-corrected chi connectivity index (χ1v) is 8.18. The summed E-state index contributed by atoms with van der Waals surface area (Å²) in [7, 11) is 0. The summed E-state index contributed by atoms with van der Waals surface area (Å²) in [5.74, 6) is 1.39. The average Bonchev–Trinajstić information content (AvgIpc) is 3.07. The van der Waals surface area contributed by atoms with Gasteiger partial charge in [0.2, 0.25) is 5.91 Å². The largest absolute Gasteiger partial charge is 0.468 e. The van der Waals surface area contributed by atoms with Crippen LogP contribution in [0.25, 0.3) is 0 Å². The van der Waals surface area contributed by atoms with Crippen molar-refractivity contribution in [2.45, 2.75) is 39.2 Å². The van der Waals surface area contributed by atoms with Crippen molar-refractivity contribution in [2.24, 2.45) is 0 Å². The predicted octanol–water partition coefficient (Wildman–Crippen LogP) is 3.41. The van der Waals surface area contributed by atoms with Crippen molar-refractivity contribution < 1.29 is 9.21 Å². The Labute approximate surface area is 138 Å². The molecule has 1 heterocycles. The van der Waals surface area contributed by atoms with Crippen molar-refractivity contribution in [3.63, 3.8) is 0 Å². The van der Waals surface area contributed by atoms with E-state index in [9.17, 15) is 4.79 Å². The summed E-state index contributed by atoms with van der Waals surface area (Å²) in [6.45, 7) is 7.28. The van der Waals surface area contributed by atoms with Gasteiger partial charge in [-0.15, -0.1) is 0 Å². The third-order valence-corrected chi connectivity index (χ3v) is 3.92. The molecule has 23 heavy (non-hydrogen) atoms. The Bertz CT molecular complexity index is 588. The third kappa shape index (κ3) is 5.57. The minimum Gasteiger partial charge on any atom is -0.468 e. The van der Waals surface area contributed by atoms with Crippen LogP contribution in [-0.4, -0.2) is 19.0 Å². The minimum atomic E-state index is 0.00204. The SMILES string of the molecule is CC(C)c1ccc(CCNC(=O)CN[C@H](C)c2ccco2)cc1. The van der Waals surface area contributed by atoms with Crippen LogP contribution in [-0.2, 0) is 11.2 Å². The lowest BCUT2D eigenvalue weighted by Gasteiger charge is -2.11. The zero-order valence-electron chi connectivity index (χ0n) is 14.1. The summed E-state index contributed by atoms with van der Waals surface area (Å²) in [4.78, 5) is 11.8. The summed E-state index contributed by atoms with van der Waals surface area (Å²) in [5.41, 5.74) is 2.58. The molecule has 2 aromatic rings. The van der Waals surface area contributed by atoms with Crippen molar-refractivity contribution in [1.29, 1.82) is 0 Å². The maximum Gasteiger partial charge on any atom is 0.233 e. The van der Waals surface area contributed by atoms with Crippen LogP contribution >= 0.6 is 0 Å². The molecule has 0 saturated carbocycles. The third-order valence-electron chi connectivity index (χ3n) is 3.92. The lowest BCUT2D eigenvalue weighted by molar-refractivity contribution is -0.120. The molecule has 2 N–H and O–H groups in total. The fourth-order valence-electron chi connectivity index (χ4n) is 2.36. The lowest BCUT2D eigenvalue weighted by Crippen LogP contribution is -2.35. The first-order chi connectivity index (χ1) is 11.1. The number of carbonyl (C=O) groups is 1. The van der Waals surface area contributed by atoms with E-state index in [1.54, 1.807) is 6.26 Å². The molecular weight excluding hydrogens is 288 g/mol. The Hall–Kier alpha value is -2.07. The van der Waals surface area contributed by atoms with E-state index in [1.165, 1.54) is 11.1 Å². The van der Waals surface area contributed by atoms with Crippen molar-refractivity contribution in [3.05, 3.63) is 59.5 Å². The molecule has 1 aromatic heterocycles. The van der Waals surface area contributed by atoms with E-state index in [4.69, 9.17) is 4.42 Å². The topological polar surface area (TPSA) is 54.3 Å². The average molecular weight is 314 g/mol. The molecule has 2 rings (SSSR count). The Morgan fingerprint density at radius 3 is 2.48 bits per heavy atom. The van der Waals surface area contributed by atoms with Gasteiger partial charge in [0.05, 0.1) is 18.8 Å². The summed E-state index contributed by atoms with van der Waals surface area (Å²) >= 11 is 0. The molecule has 0 fully saturated rings. The Morgan fingerprint density at radius 2 is 1.87 bits per heavy atom. The second kappa shape index (κ2) is 8.53. The molecule has 0 radical (unpaired) electrons. The van der Waals surface area contributed by atoms with Crippen LogP contribution in [0.2, 0.25) is 0 Å². The van der Waals surface area contributed by atoms with Crippen LogP contribution in [0.3, 0.4) is 0 Å². The van der Waals surface area contributed by atoms with E-state index >= 15 is 0 Å². The maximum atomic E-state index is 11.8. The monoisotopic (exact) mass is 314 g/mol. The van der Waals surface area contributed by atoms with E-state index in [0.29, 0.717) is 12.5 Å². The van der Waals surface area contributed by atoms with Crippen molar-refractivity contribution >= 4 is 5.91 Å². The Morgan fingerprint density at radius 1 is 1.13 bits per heavy atom. The van der Waals surface area contributed by atoms with Crippen LogP contribution in [0.4, 0.5) is 0 Å². The highest BCUT2D eigenvalue weighted by atomic mass is 16.3. The van der Waals surface area contributed by atoms with Crippen LogP contribution < -0.4 is 10.6 Å². The summed E-state index contributed by atoms with van der Waals surface area (Å²) in [6.07, 6.45) is 2.48. The summed E-state index contributed by atoms with van der Waals surface area (Å²) < 4.78 is 5.30. The van der Waals surface area contributed by atoms with E-state index < -0.39 is 0 Å². The van der Waals surface area contributed by atoms with Gasteiger partial charge in [-0.05, 0) is 42.5 Å². The molecule has 0 bridgehead atoms. The number of rotatable bonds is 8. The first-order valence-electron chi connectivity index (χ1n) is 8.18. The van der Waals surface area contributed by atoms with Gasteiger partial charge < -0.3 is 9.73 Å². The number of nitrogens with one attached hydrogen (secondary N) is 2. The predicted molar refractivity (Wildman–Crippen MR) is 92.4 cm³/mol. The second-order valence-electron chi connectivity index (χ2n) is 6.11. The molecule has 1 aromatic carbocycles. The van der Waals surface area contributed by atoms with Crippen LogP contribution in [0.5, 0.6) is 0 Å². The molecule has 0 spiro atoms. The molecule has 1 atom stereocenters. The number of benzene rings is 1. The molecule has 0 aliphatic heterocycles. The van der Waals surface area contributed by atoms with Gasteiger partial charge in [0.15, 0.2) is 0 Å². The summed E-state index contributed by atoms with van der Waals surface area (Å²) in [6, 6.07) is 12.4. The molecule has 4 nitrogen and oxygen atoms in total. The molecule has 124 valence electrons. The molecule has 0 aliphatic carbocycles. The number of hydrogen-bond acceptors (Lipinski definition) is 3. The fraction of sp³-hybridized carbons (Fsp3) is 0.421. The standard InChI is InChI=1S/C19H26N2O2/c1-14(2)17-8-6-16(7-9-17)10-11-20-19(22)13-21-15(3)18-5-4-12-23-18/h4-9,12,14-15,21H,10-11,13H2,1-3H3,(H,20,22)/t15-/m1/s1. The molecule has 4 heteroatoms. The fourth-order valence-corrected chi connectivity index (χ4v) is 2.36. The van der Waals surface area contributed by atoms with Gasteiger partial charge in [0.1, 0.15) is 5.76 Å². The summed E-state index contributed by atoms with van der Waals surface area (Å²) in [5, 5.41) is 6.08. The Balaban J connectivity index is 1.66. The zero-order chi connectivity index (χ0) is 16.7. The van der Waals surface area contributed by atoms with E-state index in [0.717, 1.165) is 12.2 Å².